The number of hydrogen-bond acceptors (Lipinski definition) is 7. The van der Waals surface area contributed by atoms with Crippen LogP contribution in [0.5, 0.6) is 5.75 Å². The molecule has 0 spiro atoms. The van der Waals surface area contributed by atoms with Crippen LogP contribution in [-0.4, -0.2) is 64.6 Å². The van der Waals surface area contributed by atoms with Gasteiger partial charge >= 0.3 is 0 Å². The van der Waals surface area contributed by atoms with Gasteiger partial charge in [0.2, 0.25) is 0 Å². The second-order valence-corrected chi connectivity index (χ2v) is 11.1. The van der Waals surface area contributed by atoms with Crippen molar-refractivity contribution in [1.82, 2.24) is 19.5 Å². The van der Waals surface area contributed by atoms with Gasteiger partial charge in [-0.05, 0) is 76.7 Å². The van der Waals surface area contributed by atoms with Crippen LogP contribution in [0.3, 0.4) is 0 Å². The fourth-order valence-electron chi connectivity index (χ4n) is 5.87. The average molecular weight is 501 g/mol. The first-order valence-electron chi connectivity index (χ1n) is 13.2. The molecule has 0 unspecified atom stereocenters. The number of ether oxygens (including phenoxy) is 1. The van der Waals surface area contributed by atoms with Crippen molar-refractivity contribution < 1.29 is 9.53 Å². The maximum absolute atomic E-state index is 13.3. The summed E-state index contributed by atoms with van der Waals surface area (Å²) < 4.78 is 7.43. The monoisotopic (exact) mass is 500 g/mol. The molecule has 1 aliphatic carbocycles. The lowest BCUT2D eigenvalue weighted by Gasteiger charge is -2.48. The van der Waals surface area contributed by atoms with Gasteiger partial charge in [-0.3, -0.25) is 9.69 Å². The number of anilines is 1. The van der Waals surface area contributed by atoms with Crippen LogP contribution in [-0.2, 0) is 4.79 Å². The minimum absolute atomic E-state index is 0.0349. The molecule has 8 nitrogen and oxygen atoms in total. The first-order chi connectivity index (χ1) is 17.8. The number of hydrogen-bond donors (Lipinski definition) is 0. The molecule has 0 aromatic carbocycles. The van der Waals surface area contributed by atoms with E-state index in [0.29, 0.717) is 30.1 Å². The van der Waals surface area contributed by atoms with Crippen LogP contribution in [0, 0.1) is 16.7 Å². The van der Waals surface area contributed by atoms with Crippen LogP contribution in [0.15, 0.2) is 36.8 Å². The molecule has 0 radical (unpaired) electrons. The SMILES string of the molecule is CCOc1cc(-c2ccc(N3CCC(C)(CC(=O)C4(N(C)C)CCC4)CC3)nc2)c2c(C#N)cnn2c1. The Hall–Kier alpha value is -3.44. The standard InChI is InChI=1S/C29H36N6O2/c1-5-37-23-15-24(27-22(17-30)19-32-35(27)20-23)21-7-8-26(31-18-21)34-13-11-28(2,12-14-34)16-25(36)29(33(3)4)9-6-10-29/h7-8,15,18-20H,5-6,9-14,16H2,1-4H3. The summed E-state index contributed by atoms with van der Waals surface area (Å²) in [6.45, 7) is 6.53. The smallest absolute Gasteiger partial charge is 0.153 e. The summed E-state index contributed by atoms with van der Waals surface area (Å²) in [5.41, 5.74) is 2.85. The lowest BCUT2D eigenvalue weighted by molar-refractivity contribution is -0.137. The van der Waals surface area contributed by atoms with Crippen molar-refractivity contribution in [2.75, 3.05) is 38.7 Å². The summed E-state index contributed by atoms with van der Waals surface area (Å²) >= 11 is 0. The molecule has 2 aliphatic rings. The first kappa shape index (κ1) is 25.2. The normalized spacial score (nSPS) is 18.4. The van der Waals surface area contributed by atoms with Crippen molar-refractivity contribution in [3.05, 3.63) is 42.4 Å². The van der Waals surface area contributed by atoms with Gasteiger partial charge in [-0.1, -0.05) is 6.92 Å². The molecule has 8 heteroatoms. The molecular formula is C29H36N6O2. The molecule has 0 bridgehead atoms. The minimum Gasteiger partial charge on any atom is -0.492 e. The highest BCUT2D eigenvalue weighted by Gasteiger charge is 2.47. The summed E-state index contributed by atoms with van der Waals surface area (Å²) in [4.78, 5) is 22.5. The van der Waals surface area contributed by atoms with Crippen molar-refractivity contribution in [2.24, 2.45) is 5.41 Å². The second-order valence-electron chi connectivity index (χ2n) is 11.1. The number of carbonyl (C=O) groups excluding carboxylic acids is 1. The van der Waals surface area contributed by atoms with Crippen LogP contribution in [0.2, 0.25) is 0 Å². The molecule has 2 fully saturated rings. The zero-order chi connectivity index (χ0) is 26.2. The van der Waals surface area contributed by atoms with Gasteiger partial charge in [-0.2, -0.15) is 10.4 Å². The van der Waals surface area contributed by atoms with E-state index in [2.05, 4.69) is 34.0 Å². The summed E-state index contributed by atoms with van der Waals surface area (Å²) in [7, 11) is 4.09. The third-order valence-electron chi connectivity index (χ3n) is 8.51. The van der Waals surface area contributed by atoms with E-state index in [0.717, 1.165) is 67.7 Å². The third-order valence-corrected chi connectivity index (χ3v) is 8.51. The predicted molar refractivity (Wildman–Crippen MR) is 144 cm³/mol. The average Bonchev–Trinajstić information content (AvgIpc) is 3.26. The van der Waals surface area contributed by atoms with Gasteiger partial charge in [-0.25, -0.2) is 9.50 Å². The van der Waals surface area contributed by atoms with E-state index in [4.69, 9.17) is 9.72 Å². The van der Waals surface area contributed by atoms with E-state index in [-0.39, 0.29) is 11.0 Å². The van der Waals surface area contributed by atoms with Crippen LogP contribution in [0.4, 0.5) is 5.82 Å². The van der Waals surface area contributed by atoms with Gasteiger partial charge in [0.15, 0.2) is 5.78 Å². The van der Waals surface area contributed by atoms with E-state index in [9.17, 15) is 10.1 Å². The maximum atomic E-state index is 13.3. The summed E-state index contributed by atoms with van der Waals surface area (Å²) in [5, 5.41) is 13.9. The molecule has 4 heterocycles. The molecule has 1 saturated heterocycles. The van der Waals surface area contributed by atoms with E-state index in [1.807, 2.05) is 39.3 Å². The van der Waals surface area contributed by atoms with Gasteiger partial charge in [0.25, 0.3) is 0 Å². The topological polar surface area (TPSA) is 86.8 Å². The Morgan fingerprint density at radius 1 is 1.19 bits per heavy atom. The third kappa shape index (κ3) is 4.57. The number of nitriles is 1. The highest BCUT2D eigenvalue weighted by atomic mass is 16.5. The Labute approximate surface area is 218 Å². The molecule has 3 aromatic heterocycles. The van der Waals surface area contributed by atoms with Crippen molar-refractivity contribution in [2.45, 2.75) is 57.9 Å². The quantitative estimate of drug-likeness (QED) is 0.442. The van der Waals surface area contributed by atoms with Crippen LogP contribution in [0.1, 0.15) is 57.9 Å². The number of carbonyl (C=O) groups is 1. The van der Waals surface area contributed by atoms with Crippen molar-refractivity contribution in [3.8, 4) is 22.9 Å². The van der Waals surface area contributed by atoms with E-state index >= 15 is 0 Å². The number of pyridine rings is 2. The van der Waals surface area contributed by atoms with Crippen LogP contribution < -0.4 is 9.64 Å². The molecule has 0 atom stereocenters. The molecule has 0 N–H and O–H groups in total. The fourth-order valence-corrected chi connectivity index (χ4v) is 5.87. The molecule has 37 heavy (non-hydrogen) atoms. The number of piperidine rings is 1. The van der Waals surface area contributed by atoms with Crippen molar-refractivity contribution in [1.29, 1.82) is 5.26 Å². The minimum atomic E-state index is -0.233. The van der Waals surface area contributed by atoms with Gasteiger partial charge in [0.05, 0.1) is 35.6 Å². The lowest BCUT2D eigenvalue weighted by atomic mass is 9.66. The zero-order valence-corrected chi connectivity index (χ0v) is 22.3. The second kappa shape index (κ2) is 9.79. The Kier molecular flexibility index (Phi) is 6.67. The number of nitrogens with zero attached hydrogens (tertiary/aromatic N) is 6. The number of Topliss-reactive ketones (excluding diaryl/α,β-unsaturated/α-hetero) is 1. The molecular weight excluding hydrogens is 464 g/mol. The predicted octanol–water partition coefficient (Wildman–Crippen LogP) is 4.72. The molecule has 1 aliphatic heterocycles. The number of likely N-dealkylation sites (N-methyl/N-ethyl adjacent to an activating group) is 1. The summed E-state index contributed by atoms with van der Waals surface area (Å²) in [5.74, 6) is 2.05. The van der Waals surface area contributed by atoms with Crippen molar-refractivity contribution >= 4 is 17.1 Å². The zero-order valence-electron chi connectivity index (χ0n) is 22.3. The first-order valence-corrected chi connectivity index (χ1v) is 13.2. The molecule has 3 aromatic rings. The number of aromatic nitrogens is 3. The van der Waals surface area contributed by atoms with Gasteiger partial charge in [0, 0.05) is 36.8 Å². The number of fused-ring (bicyclic) bond motifs is 1. The van der Waals surface area contributed by atoms with Crippen LogP contribution in [0.25, 0.3) is 16.6 Å². The fraction of sp³-hybridized carbons (Fsp3) is 0.517. The molecule has 194 valence electrons. The summed E-state index contributed by atoms with van der Waals surface area (Å²) in [6.07, 6.45) is 11.0. The molecule has 0 amide bonds. The van der Waals surface area contributed by atoms with Gasteiger partial charge < -0.3 is 9.64 Å². The van der Waals surface area contributed by atoms with Crippen LogP contribution >= 0.6 is 0 Å². The van der Waals surface area contributed by atoms with E-state index in [1.54, 1.807) is 16.9 Å². The largest absolute Gasteiger partial charge is 0.492 e. The summed E-state index contributed by atoms with van der Waals surface area (Å²) in [6, 6.07) is 8.29. The Morgan fingerprint density at radius 3 is 2.51 bits per heavy atom. The maximum Gasteiger partial charge on any atom is 0.153 e. The highest BCUT2D eigenvalue weighted by Crippen LogP contribution is 2.43. The molecule has 1 saturated carbocycles. The van der Waals surface area contributed by atoms with E-state index < -0.39 is 0 Å². The number of ketones is 1. The highest BCUT2D eigenvalue weighted by molar-refractivity contribution is 5.90. The van der Waals surface area contributed by atoms with Gasteiger partial charge in [-0.15, -0.1) is 0 Å². The Balaban J connectivity index is 1.30. The molecule has 5 rings (SSSR count). The Bertz CT molecular complexity index is 1320. The number of rotatable bonds is 8. The Morgan fingerprint density at radius 2 is 1.95 bits per heavy atom. The lowest BCUT2D eigenvalue weighted by Crippen LogP contribution is -2.57. The van der Waals surface area contributed by atoms with Crippen molar-refractivity contribution in [3.63, 3.8) is 0 Å². The van der Waals surface area contributed by atoms with E-state index in [1.165, 1.54) is 0 Å². The van der Waals surface area contributed by atoms with Gasteiger partial charge in [0.1, 0.15) is 17.6 Å².